The van der Waals surface area contributed by atoms with Gasteiger partial charge in [-0.1, -0.05) is 29.8 Å². The number of benzene rings is 1. The van der Waals surface area contributed by atoms with Crippen LogP contribution in [0.5, 0.6) is 0 Å². The average molecular weight is 406 g/mol. The lowest BCUT2D eigenvalue weighted by atomic mass is 10.1. The summed E-state index contributed by atoms with van der Waals surface area (Å²) in [5.74, 6) is 0.196. The summed E-state index contributed by atoms with van der Waals surface area (Å²) in [4.78, 5) is 20.5. The number of hydrogen-bond donors (Lipinski definition) is 3. The monoisotopic (exact) mass is 405 g/mol. The van der Waals surface area contributed by atoms with E-state index in [-0.39, 0.29) is 18.1 Å². The summed E-state index contributed by atoms with van der Waals surface area (Å²) in [6.45, 7) is 4.30. The van der Waals surface area contributed by atoms with E-state index < -0.39 is 0 Å². The van der Waals surface area contributed by atoms with Crippen molar-refractivity contribution >= 4 is 23.5 Å². The molecule has 150 valence electrons. The van der Waals surface area contributed by atoms with Crippen molar-refractivity contribution < 1.29 is 9.18 Å². The Labute approximate surface area is 169 Å². The summed E-state index contributed by atoms with van der Waals surface area (Å²) < 4.78 is 13.1. The molecule has 0 bridgehead atoms. The van der Waals surface area contributed by atoms with Gasteiger partial charge in [0.1, 0.15) is 11.0 Å². The van der Waals surface area contributed by atoms with E-state index in [9.17, 15) is 9.18 Å². The van der Waals surface area contributed by atoms with Crippen LogP contribution in [-0.4, -0.2) is 43.0 Å². The minimum absolute atomic E-state index is 0.149. The quantitative estimate of drug-likeness (QED) is 0.259. The number of halogens is 2. The molecule has 0 saturated heterocycles. The van der Waals surface area contributed by atoms with Gasteiger partial charge in [-0.3, -0.25) is 9.79 Å². The van der Waals surface area contributed by atoms with Gasteiger partial charge in [-0.25, -0.2) is 9.37 Å². The number of carbonyl (C=O) groups excluding carboxylic acids is 1. The smallest absolute Gasteiger partial charge is 0.224 e. The fourth-order valence-electron chi connectivity index (χ4n) is 2.47. The molecule has 0 aliphatic rings. The molecule has 0 saturated carbocycles. The molecule has 8 heteroatoms. The predicted molar refractivity (Wildman–Crippen MR) is 110 cm³/mol. The van der Waals surface area contributed by atoms with Gasteiger partial charge in [-0.15, -0.1) is 0 Å². The normalized spacial score (nSPS) is 11.2. The summed E-state index contributed by atoms with van der Waals surface area (Å²) in [7, 11) is 0. The maximum absolute atomic E-state index is 13.1. The molecule has 1 amide bonds. The molecule has 1 aromatic heterocycles. The number of amides is 1. The zero-order chi connectivity index (χ0) is 20.2. The predicted octanol–water partition coefficient (Wildman–Crippen LogP) is 2.33. The van der Waals surface area contributed by atoms with Gasteiger partial charge < -0.3 is 16.0 Å². The van der Waals surface area contributed by atoms with Crippen LogP contribution in [0.3, 0.4) is 0 Å². The van der Waals surface area contributed by atoms with Crippen molar-refractivity contribution in [2.75, 3.05) is 26.2 Å². The molecule has 6 nitrogen and oxygen atoms in total. The topological polar surface area (TPSA) is 78.4 Å². The van der Waals surface area contributed by atoms with Gasteiger partial charge in [0.15, 0.2) is 5.96 Å². The molecular weight excluding hydrogens is 381 g/mol. The largest absolute Gasteiger partial charge is 0.357 e. The van der Waals surface area contributed by atoms with Crippen molar-refractivity contribution in [2.45, 2.75) is 19.8 Å². The van der Waals surface area contributed by atoms with Gasteiger partial charge in [-0.05, 0) is 42.7 Å². The Morgan fingerprint density at radius 1 is 1.14 bits per heavy atom. The van der Waals surface area contributed by atoms with Crippen LogP contribution in [0.4, 0.5) is 4.39 Å². The van der Waals surface area contributed by atoms with Crippen molar-refractivity contribution in [1.82, 2.24) is 20.9 Å². The summed E-state index contributed by atoms with van der Waals surface area (Å²) in [6, 6.07) is 9.74. The molecule has 0 radical (unpaired) electrons. The van der Waals surface area contributed by atoms with Crippen molar-refractivity contribution in [3.8, 4) is 0 Å². The number of nitrogens with one attached hydrogen (secondary N) is 3. The average Bonchev–Trinajstić information content (AvgIpc) is 2.66. The lowest BCUT2D eigenvalue weighted by Gasteiger charge is -2.12. The molecule has 0 spiro atoms. The first-order valence-corrected chi connectivity index (χ1v) is 9.58. The van der Waals surface area contributed by atoms with Gasteiger partial charge in [0.05, 0.1) is 6.42 Å². The van der Waals surface area contributed by atoms with Crippen LogP contribution < -0.4 is 16.0 Å². The van der Waals surface area contributed by atoms with E-state index >= 15 is 0 Å². The Morgan fingerprint density at radius 2 is 1.96 bits per heavy atom. The summed E-state index contributed by atoms with van der Waals surface area (Å²) in [5.41, 5.74) is 1.71. The third-order valence-corrected chi connectivity index (χ3v) is 4.02. The molecule has 28 heavy (non-hydrogen) atoms. The molecule has 1 heterocycles. The zero-order valence-electron chi connectivity index (χ0n) is 15.8. The van der Waals surface area contributed by atoms with Gasteiger partial charge in [0.2, 0.25) is 5.91 Å². The Bertz CT molecular complexity index is 782. The highest BCUT2D eigenvalue weighted by Crippen LogP contribution is 2.06. The highest BCUT2D eigenvalue weighted by Gasteiger charge is 2.04. The highest BCUT2D eigenvalue weighted by atomic mass is 35.5. The molecule has 3 N–H and O–H groups in total. The Hall–Kier alpha value is -2.67. The molecular formula is C20H25ClFN5O. The van der Waals surface area contributed by atoms with Crippen molar-refractivity contribution in [2.24, 2.45) is 4.99 Å². The maximum Gasteiger partial charge on any atom is 0.224 e. The zero-order valence-corrected chi connectivity index (χ0v) is 16.6. The van der Waals surface area contributed by atoms with E-state index in [1.54, 1.807) is 24.4 Å². The number of carbonyl (C=O) groups is 1. The lowest BCUT2D eigenvalue weighted by Crippen LogP contribution is -2.41. The van der Waals surface area contributed by atoms with E-state index in [1.165, 1.54) is 12.1 Å². The van der Waals surface area contributed by atoms with Gasteiger partial charge >= 0.3 is 0 Å². The first-order valence-electron chi connectivity index (χ1n) is 9.20. The standard InChI is InChI=1S/C20H25ClFN5O/c1-2-23-20(25-9-8-15-6-7-18(21)27-14-15)26-11-10-24-19(28)13-16-4-3-5-17(22)12-16/h3-7,12,14H,2,8-11,13H2,1H3,(H,24,28)(H2,23,25,26). The molecule has 0 unspecified atom stereocenters. The molecule has 0 aliphatic heterocycles. The number of rotatable bonds is 9. The van der Waals surface area contributed by atoms with Gasteiger partial charge in [0, 0.05) is 32.4 Å². The molecule has 1 aromatic carbocycles. The van der Waals surface area contributed by atoms with Crippen molar-refractivity contribution in [3.05, 3.63) is 64.7 Å². The molecule has 0 atom stereocenters. The number of aromatic nitrogens is 1. The second kappa shape index (κ2) is 11.9. The first-order chi connectivity index (χ1) is 13.6. The van der Waals surface area contributed by atoms with E-state index in [4.69, 9.17) is 11.6 Å². The van der Waals surface area contributed by atoms with E-state index in [0.717, 1.165) is 18.5 Å². The molecule has 2 rings (SSSR count). The number of guanidine groups is 1. The van der Waals surface area contributed by atoms with E-state index in [0.29, 0.717) is 36.3 Å². The van der Waals surface area contributed by atoms with Crippen LogP contribution in [0.2, 0.25) is 5.15 Å². The third-order valence-electron chi connectivity index (χ3n) is 3.80. The Balaban J connectivity index is 1.70. The van der Waals surface area contributed by atoms with Crippen LogP contribution in [0.25, 0.3) is 0 Å². The second-order valence-electron chi connectivity index (χ2n) is 6.08. The minimum atomic E-state index is -0.340. The highest BCUT2D eigenvalue weighted by molar-refractivity contribution is 6.29. The van der Waals surface area contributed by atoms with Gasteiger partial charge in [-0.2, -0.15) is 0 Å². The molecule has 0 aliphatic carbocycles. The summed E-state index contributed by atoms with van der Waals surface area (Å²) in [6.07, 6.45) is 2.65. The van der Waals surface area contributed by atoms with Crippen LogP contribution in [0, 0.1) is 5.82 Å². The number of aliphatic imine (C=N–C) groups is 1. The second-order valence-corrected chi connectivity index (χ2v) is 6.47. The summed E-state index contributed by atoms with van der Waals surface area (Å²) >= 11 is 5.78. The molecule has 2 aromatic rings. The number of pyridine rings is 1. The minimum Gasteiger partial charge on any atom is -0.357 e. The molecule has 0 fully saturated rings. The number of nitrogens with zero attached hydrogens (tertiary/aromatic N) is 2. The fourth-order valence-corrected chi connectivity index (χ4v) is 2.58. The van der Waals surface area contributed by atoms with Crippen molar-refractivity contribution in [1.29, 1.82) is 0 Å². The number of hydrogen-bond acceptors (Lipinski definition) is 3. The SMILES string of the molecule is CCNC(=NCCc1ccc(Cl)nc1)NCCNC(=O)Cc1cccc(F)c1. The van der Waals surface area contributed by atoms with E-state index in [1.807, 2.05) is 13.0 Å². The van der Waals surface area contributed by atoms with Crippen LogP contribution >= 0.6 is 11.6 Å². The third kappa shape index (κ3) is 8.35. The lowest BCUT2D eigenvalue weighted by molar-refractivity contribution is -0.120. The first kappa shape index (κ1) is 21.6. The van der Waals surface area contributed by atoms with Gasteiger partial charge in [0.25, 0.3) is 0 Å². The van der Waals surface area contributed by atoms with Crippen molar-refractivity contribution in [3.63, 3.8) is 0 Å². The Kier molecular flexibility index (Phi) is 9.21. The van der Waals surface area contributed by atoms with Crippen LogP contribution in [0.15, 0.2) is 47.6 Å². The summed E-state index contributed by atoms with van der Waals surface area (Å²) in [5, 5.41) is 9.61. The van der Waals surface area contributed by atoms with Crippen LogP contribution in [-0.2, 0) is 17.6 Å². The van der Waals surface area contributed by atoms with E-state index in [2.05, 4.69) is 25.9 Å². The fraction of sp³-hybridized carbons (Fsp3) is 0.350. The van der Waals surface area contributed by atoms with Crippen LogP contribution in [0.1, 0.15) is 18.1 Å². The maximum atomic E-state index is 13.1. The Morgan fingerprint density at radius 3 is 2.68 bits per heavy atom.